The Morgan fingerprint density at radius 1 is 1.16 bits per heavy atom. The van der Waals surface area contributed by atoms with E-state index < -0.39 is 0 Å². The number of halogens is 2. The monoisotopic (exact) mass is 334 g/mol. The fourth-order valence-electron chi connectivity index (χ4n) is 1.97. The quantitative estimate of drug-likeness (QED) is 0.657. The van der Waals surface area contributed by atoms with E-state index in [-0.39, 0.29) is 0 Å². The van der Waals surface area contributed by atoms with Crippen LogP contribution in [0.25, 0.3) is 16.9 Å². The minimum absolute atomic E-state index is 0.412. The third kappa shape index (κ3) is 2.17. The molecule has 3 nitrogen and oxygen atoms in total. The van der Waals surface area contributed by atoms with E-state index in [4.69, 9.17) is 11.6 Å². The van der Waals surface area contributed by atoms with Gasteiger partial charge in [-0.15, -0.1) is 0 Å². The molecular weight excluding hydrogens is 328 g/mol. The van der Waals surface area contributed by atoms with Crippen molar-refractivity contribution in [2.45, 2.75) is 0 Å². The maximum atomic E-state index is 11.1. The zero-order valence-corrected chi connectivity index (χ0v) is 12.0. The first-order chi connectivity index (χ1) is 9.19. The summed E-state index contributed by atoms with van der Waals surface area (Å²) in [5.41, 5.74) is 2.08. The Bertz CT molecular complexity index is 765. The van der Waals surface area contributed by atoms with Gasteiger partial charge in [-0.3, -0.25) is 9.20 Å². The first kappa shape index (κ1) is 12.4. The highest BCUT2D eigenvalue weighted by atomic mass is 79.9. The van der Waals surface area contributed by atoms with Crippen LogP contribution in [-0.4, -0.2) is 15.7 Å². The summed E-state index contributed by atoms with van der Waals surface area (Å²) >= 11 is 9.41. The van der Waals surface area contributed by atoms with Gasteiger partial charge in [-0.1, -0.05) is 39.7 Å². The summed E-state index contributed by atoms with van der Waals surface area (Å²) in [6, 6.07) is 11.3. The lowest BCUT2D eigenvalue weighted by Gasteiger charge is -2.02. The van der Waals surface area contributed by atoms with E-state index in [1.165, 1.54) is 0 Å². The second-order valence-electron chi connectivity index (χ2n) is 4.05. The summed E-state index contributed by atoms with van der Waals surface area (Å²) in [7, 11) is 0. The first-order valence-electron chi connectivity index (χ1n) is 5.58. The molecule has 94 valence electrons. The lowest BCUT2D eigenvalue weighted by Crippen LogP contribution is -1.88. The van der Waals surface area contributed by atoms with E-state index in [0.717, 1.165) is 21.8 Å². The van der Waals surface area contributed by atoms with Crippen molar-refractivity contribution in [2.24, 2.45) is 0 Å². The molecule has 0 fully saturated rings. The highest BCUT2D eigenvalue weighted by Crippen LogP contribution is 2.25. The molecule has 0 spiro atoms. The molecule has 0 saturated carbocycles. The second-order valence-corrected chi connectivity index (χ2v) is 5.40. The maximum Gasteiger partial charge on any atom is 0.170 e. The number of carbonyl (C=O) groups is 1. The number of benzene rings is 1. The van der Waals surface area contributed by atoms with Gasteiger partial charge in [0.1, 0.15) is 11.5 Å². The smallest absolute Gasteiger partial charge is 0.170 e. The number of imidazole rings is 1. The van der Waals surface area contributed by atoms with Crippen molar-refractivity contribution in [3.63, 3.8) is 0 Å². The van der Waals surface area contributed by atoms with Crippen LogP contribution < -0.4 is 0 Å². The van der Waals surface area contributed by atoms with Crippen molar-refractivity contribution in [3.05, 3.63) is 57.8 Å². The van der Waals surface area contributed by atoms with Crippen molar-refractivity contribution in [3.8, 4) is 11.4 Å². The SMILES string of the molecule is O=Cc1nc(-c2ccc(Br)cc2)n2cc(Cl)ccc12. The number of carbonyl (C=O) groups excluding carboxylic acids is 1. The molecule has 0 bridgehead atoms. The lowest BCUT2D eigenvalue weighted by molar-refractivity contribution is 0.112. The molecule has 3 rings (SSSR count). The molecule has 0 radical (unpaired) electrons. The summed E-state index contributed by atoms with van der Waals surface area (Å²) in [5.74, 6) is 0.701. The normalized spacial score (nSPS) is 10.8. The van der Waals surface area contributed by atoms with Gasteiger partial charge in [0.2, 0.25) is 0 Å². The molecule has 0 aliphatic rings. The molecular formula is C14H8BrClN2O. The van der Waals surface area contributed by atoms with E-state index >= 15 is 0 Å². The number of hydrogen-bond acceptors (Lipinski definition) is 2. The van der Waals surface area contributed by atoms with Gasteiger partial charge in [-0.05, 0) is 24.3 Å². The first-order valence-corrected chi connectivity index (χ1v) is 6.75. The van der Waals surface area contributed by atoms with E-state index in [0.29, 0.717) is 16.5 Å². The van der Waals surface area contributed by atoms with Gasteiger partial charge in [0, 0.05) is 16.2 Å². The third-order valence-corrected chi connectivity index (χ3v) is 3.60. The van der Waals surface area contributed by atoms with Crippen molar-refractivity contribution in [1.29, 1.82) is 0 Å². The van der Waals surface area contributed by atoms with Crippen molar-refractivity contribution in [2.75, 3.05) is 0 Å². The Labute approximate surface area is 123 Å². The second kappa shape index (κ2) is 4.79. The molecule has 19 heavy (non-hydrogen) atoms. The van der Waals surface area contributed by atoms with E-state index in [1.54, 1.807) is 18.3 Å². The lowest BCUT2D eigenvalue weighted by atomic mass is 10.2. The van der Waals surface area contributed by atoms with Crippen molar-refractivity contribution >= 4 is 39.3 Å². The summed E-state index contributed by atoms with van der Waals surface area (Å²) in [5, 5.41) is 0.598. The molecule has 3 aromatic rings. The maximum absolute atomic E-state index is 11.1. The van der Waals surface area contributed by atoms with E-state index in [2.05, 4.69) is 20.9 Å². The number of rotatable bonds is 2. The van der Waals surface area contributed by atoms with Gasteiger partial charge >= 0.3 is 0 Å². The predicted molar refractivity (Wildman–Crippen MR) is 78.7 cm³/mol. The minimum atomic E-state index is 0.412. The number of fused-ring (bicyclic) bond motifs is 1. The Morgan fingerprint density at radius 2 is 1.89 bits per heavy atom. The van der Waals surface area contributed by atoms with Crippen LogP contribution in [0.4, 0.5) is 0 Å². The Morgan fingerprint density at radius 3 is 2.58 bits per heavy atom. The Hall–Kier alpha value is -1.65. The van der Waals surface area contributed by atoms with Gasteiger partial charge in [-0.25, -0.2) is 4.98 Å². The van der Waals surface area contributed by atoms with Crippen molar-refractivity contribution in [1.82, 2.24) is 9.38 Å². The highest BCUT2D eigenvalue weighted by Gasteiger charge is 2.12. The largest absolute Gasteiger partial charge is 0.298 e. The summed E-state index contributed by atoms with van der Waals surface area (Å²) in [6.45, 7) is 0. The fraction of sp³-hybridized carbons (Fsp3) is 0. The van der Waals surface area contributed by atoms with Crippen LogP contribution >= 0.6 is 27.5 Å². The number of aldehydes is 1. The van der Waals surface area contributed by atoms with Gasteiger partial charge in [-0.2, -0.15) is 0 Å². The van der Waals surface area contributed by atoms with Gasteiger partial charge in [0.05, 0.1) is 10.5 Å². The number of hydrogen-bond donors (Lipinski definition) is 0. The van der Waals surface area contributed by atoms with Gasteiger partial charge in [0.15, 0.2) is 6.29 Å². The number of pyridine rings is 1. The molecule has 5 heteroatoms. The fourth-order valence-corrected chi connectivity index (χ4v) is 2.40. The highest BCUT2D eigenvalue weighted by molar-refractivity contribution is 9.10. The molecule has 0 N–H and O–H groups in total. The molecule has 0 atom stereocenters. The van der Waals surface area contributed by atoms with Crippen LogP contribution in [0, 0.1) is 0 Å². The molecule has 0 unspecified atom stereocenters. The van der Waals surface area contributed by atoms with Crippen LogP contribution in [-0.2, 0) is 0 Å². The molecule has 0 aliphatic heterocycles. The third-order valence-electron chi connectivity index (χ3n) is 2.84. The van der Waals surface area contributed by atoms with E-state index in [1.807, 2.05) is 28.7 Å². The summed E-state index contributed by atoms with van der Waals surface area (Å²) in [4.78, 5) is 15.5. The predicted octanol–water partition coefficient (Wildman–Crippen LogP) is 4.23. The molecule has 0 amide bonds. The molecule has 2 heterocycles. The number of nitrogens with zero attached hydrogens (tertiary/aromatic N) is 2. The van der Waals surface area contributed by atoms with Crippen LogP contribution in [0.1, 0.15) is 10.5 Å². The summed E-state index contributed by atoms with van der Waals surface area (Å²) < 4.78 is 2.82. The zero-order valence-electron chi connectivity index (χ0n) is 9.68. The summed E-state index contributed by atoms with van der Waals surface area (Å²) in [6.07, 6.45) is 2.51. The molecule has 2 aromatic heterocycles. The topological polar surface area (TPSA) is 34.4 Å². The van der Waals surface area contributed by atoms with E-state index in [9.17, 15) is 4.79 Å². The standard InChI is InChI=1S/C14H8BrClN2O/c15-10-3-1-9(2-4-10)14-17-12(8-19)13-6-5-11(16)7-18(13)14/h1-8H. The van der Waals surface area contributed by atoms with Crippen LogP contribution in [0.15, 0.2) is 47.1 Å². The average molecular weight is 336 g/mol. The van der Waals surface area contributed by atoms with Crippen LogP contribution in [0.5, 0.6) is 0 Å². The Kier molecular flexibility index (Phi) is 3.12. The molecule has 1 aromatic carbocycles. The Balaban J connectivity index is 2.31. The molecule has 0 saturated heterocycles. The minimum Gasteiger partial charge on any atom is -0.298 e. The van der Waals surface area contributed by atoms with Gasteiger partial charge < -0.3 is 0 Å². The van der Waals surface area contributed by atoms with Gasteiger partial charge in [0.25, 0.3) is 0 Å². The average Bonchev–Trinajstić information content (AvgIpc) is 2.77. The number of aromatic nitrogens is 2. The van der Waals surface area contributed by atoms with Crippen LogP contribution in [0.2, 0.25) is 5.02 Å². The molecule has 0 aliphatic carbocycles. The van der Waals surface area contributed by atoms with Crippen molar-refractivity contribution < 1.29 is 4.79 Å². The zero-order chi connectivity index (χ0) is 13.4. The van der Waals surface area contributed by atoms with Crippen LogP contribution in [0.3, 0.4) is 0 Å².